The van der Waals surface area contributed by atoms with E-state index in [4.69, 9.17) is 0 Å². The smallest absolute Gasteiger partial charge is 0.341 e. The molecule has 1 aromatic carbocycles. The maximum atomic E-state index is 13.0. The van der Waals surface area contributed by atoms with Crippen LogP contribution in [-0.4, -0.2) is 22.5 Å². The Morgan fingerprint density at radius 2 is 1.96 bits per heavy atom. The van der Waals surface area contributed by atoms with Gasteiger partial charge in [-0.25, -0.2) is 13.4 Å². The molecule has 1 N–H and O–H groups in total. The zero-order valence-electron chi connectivity index (χ0n) is 14.9. The third kappa shape index (κ3) is 3.59. The first kappa shape index (κ1) is 19.4. The third-order valence-electron chi connectivity index (χ3n) is 4.31. The normalized spacial score (nSPS) is 14.0. The van der Waals surface area contributed by atoms with Crippen LogP contribution in [-0.2, 0) is 29.8 Å². The van der Waals surface area contributed by atoms with E-state index in [1.54, 1.807) is 37.7 Å². The van der Waals surface area contributed by atoms with Crippen molar-refractivity contribution in [3.63, 3.8) is 0 Å². The van der Waals surface area contributed by atoms with Crippen molar-refractivity contribution in [3.8, 4) is 0 Å². The molecule has 2 aromatic heterocycles. The highest BCUT2D eigenvalue weighted by Gasteiger charge is 2.31. The number of halogens is 3. The molecule has 6 nitrogen and oxygen atoms in total. The Bertz CT molecular complexity index is 1080. The third-order valence-corrected chi connectivity index (χ3v) is 5.95. The molecular weight excluding hydrogens is 381 g/mol. The summed E-state index contributed by atoms with van der Waals surface area (Å²) in [6, 6.07) is 5.65. The Morgan fingerprint density at radius 1 is 1.26 bits per heavy atom. The zero-order chi connectivity index (χ0) is 20.0. The number of hydrogen-bond donors (Lipinski definition) is 1. The topological polar surface area (TPSA) is 68.9 Å². The maximum Gasteiger partial charge on any atom is 0.416 e. The number of benzene rings is 1. The van der Waals surface area contributed by atoms with Gasteiger partial charge in [-0.05, 0) is 44.2 Å². The van der Waals surface area contributed by atoms with E-state index in [0.717, 1.165) is 12.1 Å². The first-order valence-electron chi connectivity index (χ1n) is 8.25. The molecule has 10 heteroatoms. The number of nitrogens with zero attached hydrogens (tertiary/aromatic N) is 3. The minimum atomic E-state index is -4.46. The average molecular weight is 400 g/mol. The van der Waals surface area contributed by atoms with Gasteiger partial charge < -0.3 is 9.13 Å². The van der Waals surface area contributed by atoms with E-state index in [9.17, 15) is 21.6 Å². The van der Waals surface area contributed by atoms with E-state index < -0.39 is 27.8 Å². The number of alkyl halides is 3. The largest absolute Gasteiger partial charge is 0.416 e. The Balaban J connectivity index is 2.02. The molecule has 0 bridgehead atoms. The van der Waals surface area contributed by atoms with Gasteiger partial charge in [0.25, 0.3) is 10.0 Å². The minimum absolute atomic E-state index is 0.0906. The molecule has 27 heavy (non-hydrogen) atoms. The molecule has 0 radical (unpaired) electrons. The summed E-state index contributed by atoms with van der Waals surface area (Å²) in [7, 11) is -2.20. The lowest BCUT2D eigenvalue weighted by Crippen LogP contribution is -2.30. The predicted octanol–water partition coefficient (Wildman–Crippen LogP) is 3.45. The molecule has 0 aliphatic heterocycles. The fraction of sp³-hybridized carbons (Fsp3) is 0.353. The van der Waals surface area contributed by atoms with E-state index in [0.29, 0.717) is 23.4 Å². The van der Waals surface area contributed by atoms with Gasteiger partial charge in [-0.1, -0.05) is 0 Å². The van der Waals surface area contributed by atoms with Crippen molar-refractivity contribution in [3.05, 3.63) is 47.9 Å². The lowest BCUT2D eigenvalue weighted by molar-refractivity contribution is -0.137. The summed E-state index contributed by atoms with van der Waals surface area (Å²) in [5, 5.41) is 0.0906. The molecule has 0 saturated heterocycles. The van der Waals surface area contributed by atoms with E-state index in [2.05, 4.69) is 9.71 Å². The van der Waals surface area contributed by atoms with Crippen molar-refractivity contribution in [1.82, 2.24) is 18.8 Å². The lowest BCUT2D eigenvalue weighted by Gasteiger charge is -2.16. The molecule has 0 saturated carbocycles. The SMILES string of the molecule is CCn1c(C(C)NS(=O)(=O)c2cccn2C)nc2ccc(C(F)(F)F)cc21. The average Bonchev–Trinajstić information content (AvgIpc) is 3.16. The van der Waals surface area contributed by atoms with Crippen molar-refractivity contribution in [2.75, 3.05) is 0 Å². The molecule has 1 unspecified atom stereocenters. The van der Waals surface area contributed by atoms with Crippen LogP contribution in [0.2, 0.25) is 0 Å². The Labute approximate surface area is 154 Å². The van der Waals surface area contributed by atoms with Crippen molar-refractivity contribution >= 4 is 21.1 Å². The number of imidazole rings is 1. The number of aryl methyl sites for hydroxylation is 2. The molecule has 3 aromatic rings. The van der Waals surface area contributed by atoms with E-state index >= 15 is 0 Å². The maximum absolute atomic E-state index is 13.0. The van der Waals surface area contributed by atoms with Gasteiger partial charge in [-0.3, -0.25) is 0 Å². The van der Waals surface area contributed by atoms with Crippen LogP contribution in [0.5, 0.6) is 0 Å². The van der Waals surface area contributed by atoms with E-state index in [1.807, 2.05) is 0 Å². The quantitative estimate of drug-likeness (QED) is 0.713. The zero-order valence-corrected chi connectivity index (χ0v) is 15.8. The van der Waals surface area contributed by atoms with Gasteiger partial charge in [-0.15, -0.1) is 0 Å². The number of aromatic nitrogens is 3. The highest BCUT2D eigenvalue weighted by atomic mass is 32.2. The minimum Gasteiger partial charge on any atom is -0.341 e. The molecule has 3 rings (SSSR count). The lowest BCUT2D eigenvalue weighted by atomic mass is 10.2. The summed E-state index contributed by atoms with van der Waals surface area (Å²) < 4.78 is 69.8. The molecular formula is C17H19F3N4O2S. The fourth-order valence-corrected chi connectivity index (χ4v) is 4.44. The van der Waals surface area contributed by atoms with Crippen LogP contribution in [0.3, 0.4) is 0 Å². The summed E-state index contributed by atoms with van der Waals surface area (Å²) in [4.78, 5) is 4.36. The van der Waals surface area contributed by atoms with Crippen LogP contribution in [0.25, 0.3) is 11.0 Å². The van der Waals surface area contributed by atoms with Crippen LogP contribution >= 0.6 is 0 Å². The monoisotopic (exact) mass is 400 g/mol. The number of fused-ring (bicyclic) bond motifs is 1. The molecule has 0 fully saturated rings. The molecule has 0 aliphatic carbocycles. The summed E-state index contributed by atoms with van der Waals surface area (Å²) in [5.41, 5.74) is -0.0785. The standard InChI is InChI=1S/C17H19F3N4O2S/c1-4-24-14-10-12(17(18,19)20)7-8-13(14)21-16(24)11(2)22-27(25,26)15-6-5-9-23(15)3/h5-11,22H,4H2,1-3H3. The number of hydrogen-bond acceptors (Lipinski definition) is 3. The van der Waals surface area contributed by atoms with E-state index in [1.165, 1.54) is 16.7 Å². The summed E-state index contributed by atoms with van der Waals surface area (Å²) in [6.07, 6.45) is -2.85. The molecule has 2 heterocycles. The summed E-state index contributed by atoms with van der Waals surface area (Å²) >= 11 is 0. The van der Waals surface area contributed by atoms with Gasteiger partial charge >= 0.3 is 6.18 Å². The molecule has 0 spiro atoms. The Kier molecular flexibility index (Phi) is 4.81. The van der Waals surface area contributed by atoms with Crippen LogP contribution in [0, 0.1) is 0 Å². The highest BCUT2D eigenvalue weighted by molar-refractivity contribution is 7.89. The second kappa shape index (κ2) is 6.68. The van der Waals surface area contributed by atoms with Crippen LogP contribution in [0.4, 0.5) is 13.2 Å². The molecule has 146 valence electrons. The van der Waals surface area contributed by atoms with E-state index in [-0.39, 0.29) is 5.03 Å². The van der Waals surface area contributed by atoms with Gasteiger partial charge in [0, 0.05) is 19.8 Å². The van der Waals surface area contributed by atoms with Crippen LogP contribution in [0.15, 0.2) is 41.6 Å². The van der Waals surface area contributed by atoms with Crippen LogP contribution < -0.4 is 4.72 Å². The molecule has 1 atom stereocenters. The second-order valence-electron chi connectivity index (χ2n) is 6.22. The van der Waals surface area contributed by atoms with Gasteiger partial charge in [0.2, 0.25) is 0 Å². The van der Waals surface area contributed by atoms with Crippen molar-refractivity contribution in [2.24, 2.45) is 7.05 Å². The van der Waals surface area contributed by atoms with Gasteiger partial charge in [-0.2, -0.15) is 17.9 Å². The highest BCUT2D eigenvalue weighted by Crippen LogP contribution is 2.32. The Hall–Kier alpha value is -2.33. The van der Waals surface area contributed by atoms with Gasteiger partial charge in [0.05, 0.1) is 22.6 Å². The van der Waals surface area contributed by atoms with Gasteiger partial charge in [0.1, 0.15) is 10.9 Å². The number of sulfonamides is 1. The molecule has 0 aliphatic rings. The van der Waals surface area contributed by atoms with Crippen molar-refractivity contribution in [2.45, 2.75) is 37.6 Å². The summed E-state index contributed by atoms with van der Waals surface area (Å²) in [5.74, 6) is 0.351. The fourth-order valence-electron chi connectivity index (χ4n) is 3.05. The first-order chi connectivity index (χ1) is 12.5. The molecule has 0 amide bonds. The number of rotatable bonds is 5. The van der Waals surface area contributed by atoms with Crippen LogP contribution in [0.1, 0.15) is 31.3 Å². The van der Waals surface area contributed by atoms with Crippen molar-refractivity contribution < 1.29 is 21.6 Å². The number of nitrogens with one attached hydrogen (secondary N) is 1. The Morgan fingerprint density at radius 3 is 2.52 bits per heavy atom. The second-order valence-corrected chi connectivity index (χ2v) is 7.88. The predicted molar refractivity (Wildman–Crippen MR) is 94.6 cm³/mol. The van der Waals surface area contributed by atoms with Crippen molar-refractivity contribution in [1.29, 1.82) is 0 Å². The summed E-state index contributed by atoms with van der Waals surface area (Å²) in [6.45, 7) is 3.73. The van der Waals surface area contributed by atoms with Gasteiger partial charge in [0.15, 0.2) is 0 Å². The first-order valence-corrected chi connectivity index (χ1v) is 9.74.